The second kappa shape index (κ2) is 5.44. The summed E-state index contributed by atoms with van der Waals surface area (Å²) in [7, 11) is 0. The number of carbonyl (C=O) groups excluding carboxylic acids is 2. The first-order valence-electron chi connectivity index (χ1n) is 5.17. The van der Waals surface area contributed by atoms with E-state index in [0.717, 1.165) is 6.07 Å². The molecule has 1 rings (SSSR count). The van der Waals surface area contributed by atoms with Gasteiger partial charge >= 0.3 is 11.9 Å². The molecule has 6 heteroatoms. The molecule has 0 aliphatic heterocycles. The van der Waals surface area contributed by atoms with E-state index in [1.54, 1.807) is 0 Å². The van der Waals surface area contributed by atoms with Crippen LogP contribution in [-0.4, -0.2) is 18.4 Å². The van der Waals surface area contributed by atoms with Crippen LogP contribution in [-0.2, 0) is 15.5 Å². The standard InChI is InChI=1S/C12H11ClF2O3/c1-3-18-11(17)12(14,15)9-6-4-5-8(7(2)16)10(9)13/h4-6H,3H2,1-2H3. The fraction of sp³-hybridized carbons (Fsp3) is 0.333. The first-order chi connectivity index (χ1) is 8.32. The van der Waals surface area contributed by atoms with E-state index in [1.165, 1.54) is 26.0 Å². The zero-order valence-corrected chi connectivity index (χ0v) is 10.6. The summed E-state index contributed by atoms with van der Waals surface area (Å²) in [5.41, 5.74) is -0.784. The third kappa shape index (κ3) is 2.67. The Morgan fingerprint density at radius 2 is 2.00 bits per heavy atom. The molecule has 0 aliphatic rings. The topological polar surface area (TPSA) is 43.4 Å². The van der Waals surface area contributed by atoms with Crippen LogP contribution in [0.4, 0.5) is 8.78 Å². The van der Waals surface area contributed by atoms with Crippen molar-refractivity contribution >= 4 is 23.4 Å². The minimum Gasteiger partial charge on any atom is -0.461 e. The molecule has 0 radical (unpaired) electrons. The van der Waals surface area contributed by atoms with Gasteiger partial charge in [0, 0.05) is 5.56 Å². The van der Waals surface area contributed by atoms with E-state index in [9.17, 15) is 18.4 Å². The fourth-order valence-electron chi connectivity index (χ4n) is 1.38. The van der Waals surface area contributed by atoms with Crippen LogP contribution in [0.1, 0.15) is 29.8 Å². The van der Waals surface area contributed by atoms with Crippen molar-refractivity contribution in [3.05, 3.63) is 34.3 Å². The van der Waals surface area contributed by atoms with E-state index < -0.39 is 28.3 Å². The lowest BCUT2D eigenvalue weighted by molar-refractivity contribution is -0.173. The molecule has 0 unspecified atom stereocenters. The number of benzene rings is 1. The van der Waals surface area contributed by atoms with E-state index >= 15 is 0 Å². The molecular weight excluding hydrogens is 266 g/mol. The molecule has 0 heterocycles. The number of halogens is 3. The van der Waals surface area contributed by atoms with Crippen LogP contribution in [0.2, 0.25) is 5.02 Å². The lowest BCUT2D eigenvalue weighted by atomic mass is 10.0. The first-order valence-corrected chi connectivity index (χ1v) is 5.55. The van der Waals surface area contributed by atoms with Crippen LogP contribution < -0.4 is 0 Å². The highest BCUT2D eigenvalue weighted by molar-refractivity contribution is 6.35. The molecule has 0 fully saturated rings. The van der Waals surface area contributed by atoms with E-state index in [1.807, 2.05) is 0 Å². The predicted molar refractivity (Wildman–Crippen MR) is 62.0 cm³/mol. The summed E-state index contributed by atoms with van der Waals surface area (Å²) in [6, 6.07) is 3.55. The monoisotopic (exact) mass is 276 g/mol. The van der Waals surface area contributed by atoms with Crippen LogP contribution in [0.5, 0.6) is 0 Å². The fourth-order valence-corrected chi connectivity index (χ4v) is 1.76. The highest BCUT2D eigenvalue weighted by Crippen LogP contribution is 2.36. The van der Waals surface area contributed by atoms with Crippen molar-refractivity contribution in [2.45, 2.75) is 19.8 Å². The molecule has 18 heavy (non-hydrogen) atoms. The van der Waals surface area contributed by atoms with Gasteiger partial charge < -0.3 is 4.74 Å². The van der Waals surface area contributed by atoms with Gasteiger partial charge in [-0.3, -0.25) is 4.79 Å². The van der Waals surface area contributed by atoms with Crippen molar-refractivity contribution in [2.24, 2.45) is 0 Å². The van der Waals surface area contributed by atoms with Crippen LogP contribution in [0, 0.1) is 0 Å². The Hall–Kier alpha value is -1.49. The second-order valence-corrected chi connectivity index (χ2v) is 3.90. The van der Waals surface area contributed by atoms with Gasteiger partial charge in [0.25, 0.3) is 0 Å². The van der Waals surface area contributed by atoms with Gasteiger partial charge in [0.1, 0.15) is 0 Å². The van der Waals surface area contributed by atoms with Crippen LogP contribution >= 0.6 is 11.6 Å². The van der Waals surface area contributed by atoms with E-state index in [-0.39, 0.29) is 12.2 Å². The Morgan fingerprint density at radius 3 is 2.50 bits per heavy atom. The molecule has 0 aliphatic carbocycles. The van der Waals surface area contributed by atoms with Crippen molar-refractivity contribution in [2.75, 3.05) is 6.61 Å². The predicted octanol–water partition coefficient (Wildman–Crippen LogP) is 3.20. The largest absolute Gasteiger partial charge is 0.461 e. The summed E-state index contributed by atoms with van der Waals surface area (Å²) >= 11 is 5.72. The van der Waals surface area contributed by atoms with Gasteiger partial charge in [-0.25, -0.2) is 4.79 Å². The maximum atomic E-state index is 13.8. The van der Waals surface area contributed by atoms with E-state index in [2.05, 4.69) is 4.74 Å². The molecule has 3 nitrogen and oxygen atoms in total. The Bertz CT molecular complexity index is 486. The summed E-state index contributed by atoms with van der Waals surface area (Å²) in [6.45, 7) is 2.45. The second-order valence-electron chi connectivity index (χ2n) is 3.52. The molecule has 0 saturated heterocycles. The van der Waals surface area contributed by atoms with E-state index in [0.29, 0.717) is 0 Å². The van der Waals surface area contributed by atoms with Crippen LogP contribution in [0.15, 0.2) is 18.2 Å². The summed E-state index contributed by atoms with van der Waals surface area (Å²) in [5, 5.41) is -0.428. The quantitative estimate of drug-likeness (QED) is 0.626. The van der Waals surface area contributed by atoms with Gasteiger partial charge in [0.2, 0.25) is 0 Å². The Kier molecular flexibility index (Phi) is 4.40. The Labute approximate surface area is 108 Å². The number of hydrogen-bond acceptors (Lipinski definition) is 3. The molecule has 1 aromatic carbocycles. The smallest absolute Gasteiger partial charge is 0.382 e. The highest BCUT2D eigenvalue weighted by atomic mass is 35.5. The number of hydrogen-bond donors (Lipinski definition) is 0. The van der Waals surface area contributed by atoms with Gasteiger partial charge in [-0.05, 0) is 19.9 Å². The molecule has 0 bridgehead atoms. The summed E-state index contributed by atoms with van der Waals surface area (Å²) in [5.74, 6) is -6.02. The minimum atomic E-state index is -3.88. The lowest BCUT2D eigenvalue weighted by Crippen LogP contribution is -2.29. The number of ether oxygens (including phenoxy) is 1. The van der Waals surface area contributed by atoms with Crippen molar-refractivity contribution in [3.8, 4) is 0 Å². The van der Waals surface area contributed by atoms with Crippen molar-refractivity contribution in [3.63, 3.8) is 0 Å². The van der Waals surface area contributed by atoms with Crippen LogP contribution in [0.25, 0.3) is 0 Å². The SMILES string of the molecule is CCOC(=O)C(F)(F)c1cccc(C(C)=O)c1Cl. The Morgan fingerprint density at radius 1 is 1.39 bits per heavy atom. The molecular formula is C12H11ClF2O3. The molecule has 0 atom stereocenters. The Balaban J connectivity index is 3.29. The molecule has 98 valence electrons. The number of carbonyl (C=O) groups is 2. The molecule has 1 aromatic rings. The highest BCUT2D eigenvalue weighted by Gasteiger charge is 2.44. The average Bonchev–Trinajstić information content (AvgIpc) is 2.28. The number of Topliss-reactive ketones (excluding diaryl/α,β-unsaturated/α-hetero) is 1. The average molecular weight is 277 g/mol. The molecule has 0 saturated carbocycles. The van der Waals surface area contributed by atoms with Gasteiger partial charge in [-0.2, -0.15) is 8.78 Å². The molecule has 0 amide bonds. The van der Waals surface area contributed by atoms with Crippen molar-refractivity contribution in [1.82, 2.24) is 0 Å². The molecule has 0 spiro atoms. The zero-order valence-electron chi connectivity index (χ0n) is 9.80. The van der Waals surface area contributed by atoms with Gasteiger partial charge in [0.15, 0.2) is 5.78 Å². The van der Waals surface area contributed by atoms with Gasteiger partial charge in [-0.1, -0.05) is 23.7 Å². The molecule has 0 aromatic heterocycles. The minimum absolute atomic E-state index is 0.0573. The number of rotatable bonds is 4. The normalized spacial score (nSPS) is 11.2. The third-order valence-electron chi connectivity index (χ3n) is 2.25. The summed E-state index contributed by atoms with van der Waals surface area (Å²) in [6.07, 6.45) is 0. The summed E-state index contributed by atoms with van der Waals surface area (Å²) in [4.78, 5) is 22.4. The number of esters is 1. The first kappa shape index (κ1) is 14.6. The maximum absolute atomic E-state index is 13.8. The third-order valence-corrected chi connectivity index (χ3v) is 2.66. The van der Waals surface area contributed by atoms with Gasteiger partial charge in [-0.15, -0.1) is 0 Å². The zero-order chi connectivity index (χ0) is 13.9. The van der Waals surface area contributed by atoms with Crippen LogP contribution in [0.3, 0.4) is 0 Å². The van der Waals surface area contributed by atoms with Crippen molar-refractivity contribution < 1.29 is 23.1 Å². The van der Waals surface area contributed by atoms with Crippen molar-refractivity contribution in [1.29, 1.82) is 0 Å². The maximum Gasteiger partial charge on any atom is 0.382 e. The number of alkyl halides is 2. The van der Waals surface area contributed by atoms with E-state index in [4.69, 9.17) is 11.6 Å². The molecule has 0 N–H and O–H groups in total. The van der Waals surface area contributed by atoms with Gasteiger partial charge in [0.05, 0.1) is 17.2 Å². The number of ketones is 1. The lowest BCUT2D eigenvalue weighted by Gasteiger charge is -2.17. The summed E-state index contributed by atoms with van der Waals surface area (Å²) < 4.78 is 31.8.